The van der Waals surface area contributed by atoms with Crippen molar-refractivity contribution < 1.29 is 17.6 Å². The maximum absolute atomic E-state index is 13.0. The van der Waals surface area contributed by atoms with Gasteiger partial charge in [0.1, 0.15) is 0 Å². The predicted molar refractivity (Wildman–Crippen MR) is 84.7 cm³/mol. The van der Waals surface area contributed by atoms with Crippen LogP contribution in [0.5, 0.6) is 0 Å². The minimum absolute atomic E-state index is 0.0512. The topological polar surface area (TPSA) is 68.0 Å². The van der Waals surface area contributed by atoms with Crippen molar-refractivity contribution in [2.24, 2.45) is 12.1 Å². The second-order valence-corrected chi connectivity index (χ2v) is 5.94. The van der Waals surface area contributed by atoms with Crippen molar-refractivity contribution in [3.63, 3.8) is 0 Å². The molecule has 0 fully saturated rings. The fourth-order valence-corrected chi connectivity index (χ4v) is 2.50. The zero-order chi connectivity index (χ0) is 18.0. The lowest BCUT2D eigenvalue weighted by atomic mass is 10.2. The Balaban J connectivity index is 1.90. The van der Waals surface area contributed by atoms with Crippen molar-refractivity contribution in [2.75, 3.05) is 5.43 Å². The summed E-state index contributed by atoms with van der Waals surface area (Å²) in [6, 6.07) is 3.58. The number of thiophene rings is 1. The number of nitrogens with one attached hydrogen (secondary N) is 1. The van der Waals surface area contributed by atoms with Crippen molar-refractivity contribution >= 4 is 23.5 Å². The van der Waals surface area contributed by atoms with Crippen molar-refractivity contribution in [2.45, 2.75) is 6.18 Å². The molecule has 3 rings (SSSR count). The number of hydrazone groups is 1. The molecule has 3 heterocycles. The number of hydrogen-bond donors (Lipinski definition) is 1. The van der Waals surface area contributed by atoms with Crippen LogP contribution in [0.15, 0.2) is 35.7 Å². The van der Waals surface area contributed by atoms with Gasteiger partial charge in [-0.15, -0.1) is 11.3 Å². The van der Waals surface area contributed by atoms with Gasteiger partial charge in [-0.3, -0.25) is 4.68 Å². The van der Waals surface area contributed by atoms with Gasteiger partial charge in [0.05, 0.1) is 23.0 Å². The molecule has 0 spiro atoms. The number of nitrogens with zero attached hydrogens (tertiary/aromatic N) is 5. The van der Waals surface area contributed by atoms with E-state index in [1.807, 2.05) is 0 Å². The van der Waals surface area contributed by atoms with Crippen molar-refractivity contribution in [3.05, 3.63) is 46.3 Å². The number of alkyl halides is 3. The lowest BCUT2D eigenvalue weighted by Gasteiger charge is -2.09. The number of rotatable bonds is 4. The van der Waals surface area contributed by atoms with E-state index < -0.39 is 17.0 Å². The van der Waals surface area contributed by atoms with Gasteiger partial charge >= 0.3 is 6.18 Å². The fourth-order valence-electron chi connectivity index (χ4n) is 1.90. The molecule has 11 heteroatoms. The van der Waals surface area contributed by atoms with E-state index in [1.54, 1.807) is 7.05 Å². The number of aryl methyl sites for hydroxylation is 1. The number of halogens is 4. The molecule has 0 bridgehead atoms. The van der Waals surface area contributed by atoms with Crippen LogP contribution < -0.4 is 5.43 Å². The molecule has 0 radical (unpaired) electrons. The van der Waals surface area contributed by atoms with Gasteiger partial charge in [0.25, 0.3) is 0 Å². The molecule has 3 aromatic heterocycles. The van der Waals surface area contributed by atoms with Gasteiger partial charge in [0.15, 0.2) is 10.8 Å². The first-order valence-corrected chi connectivity index (χ1v) is 7.62. The van der Waals surface area contributed by atoms with E-state index in [0.717, 1.165) is 17.4 Å². The first-order chi connectivity index (χ1) is 11.8. The maximum atomic E-state index is 13.0. The molecule has 6 nitrogen and oxygen atoms in total. The number of aromatic nitrogens is 4. The zero-order valence-electron chi connectivity index (χ0n) is 12.6. The summed E-state index contributed by atoms with van der Waals surface area (Å²) >= 11 is 0.845. The average Bonchev–Trinajstić information content (AvgIpc) is 3.15. The van der Waals surface area contributed by atoms with Gasteiger partial charge in [-0.2, -0.15) is 27.8 Å². The van der Waals surface area contributed by atoms with Crippen LogP contribution in [0.1, 0.15) is 10.6 Å². The summed E-state index contributed by atoms with van der Waals surface area (Å²) in [5.74, 6) is -0.332. The molecule has 0 unspecified atom stereocenters. The number of hydrogen-bond acceptors (Lipinski definition) is 6. The van der Waals surface area contributed by atoms with Crippen LogP contribution in [0.3, 0.4) is 0 Å². The maximum Gasteiger partial charge on any atom is 0.433 e. The van der Waals surface area contributed by atoms with E-state index in [2.05, 4.69) is 25.6 Å². The van der Waals surface area contributed by atoms with Crippen molar-refractivity contribution in [3.8, 4) is 11.3 Å². The zero-order valence-corrected chi connectivity index (χ0v) is 13.4. The Morgan fingerprint density at radius 2 is 2.08 bits per heavy atom. The Morgan fingerprint density at radius 3 is 2.68 bits per heavy atom. The summed E-state index contributed by atoms with van der Waals surface area (Å²) in [6.45, 7) is 0. The first-order valence-electron chi connectivity index (χ1n) is 6.81. The summed E-state index contributed by atoms with van der Waals surface area (Å²) in [5.41, 5.74) is 1.68. The predicted octanol–water partition coefficient (Wildman–Crippen LogP) is 3.54. The quantitative estimate of drug-likeness (QED) is 0.433. The first kappa shape index (κ1) is 17.0. The van der Waals surface area contributed by atoms with Crippen LogP contribution in [0.25, 0.3) is 11.3 Å². The minimum Gasteiger partial charge on any atom is -0.275 e. The third kappa shape index (κ3) is 4.18. The SMILES string of the molecule is Cn1cc(-c2cc(C(F)(F)F)nc(NN=Cc3ccc(F)s3)n2)cn1. The molecule has 3 aromatic rings. The molecule has 0 aliphatic carbocycles. The lowest BCUT2D eigenvalue weighted by molar-refractivity contribution is -0.141. The fraction of sp³-hybridized carbons (Fsp3) is 0.143. The molecule has 0 amide bonds. The highest BCUT2D eigenvalue weighted by molar-refractivity contribution is 7.12. The van der Waals surface area contributed by atoms with Gasteiger partial charge in [-0.25, -0.2) is 15.4 Å². The molecule has 25 heavy (non-hydrogen) atoms. The summed E-state index contributed by atoms with van der Waals surface area (Å²) in [6.07, 6.45) is -0.452. The minimum atomic E-state index is -4.64. The van der Waals surface area contributed by atoms with E-state index in [9.17, 15) is 17.6 Å². The third-order valence-corrected chi connectivity index (χ3v) is 3.78. The van der Waals surface area contributed by atoms with Crippen LogP contribution in [0.4, 0.5) is 23.5 Å². The van der Waals surface area contributed by atoms with Gasteiger partial charge in [-0.1, -0.05) is 0 Å². The Hall–Kier alpha value is -2.82. The third-order valence-electron chi connectivity index (χ3n) is 2.97. The molecule has 0 atom stereocenters. The molecule has 0 saturated carbocycles. The molecule has 0 aromatic carbocycles. The molecular formula is C14H10F4N6S. The molecule has 0 aliphatic heterocycles. The lowest BCUT2D eigenvalue weighted by Crippen LogP contribution is -2.11. The number of anilines is 1. The Labute approximate surface area is 142 Å². The van der Waals surface area contributed by atoms with Gasteiger partial charge in [0, 0.05) is 18.8 Å². The van der Waals surface area contributed by atoms with Crippen LogP contribution in [-0.4, -0.2) is 26.0 Å². The van der Waals surface area contributed by atoms with Crippen molar-refractivity contribution in [1.29, 1.82) is 0 Å². The highest BCUT2D eigenvalue weighted by atomic mass is 32.1. The second kappa shape index (κ2) is 6.59. The summed E-state index contributed by atoms with van der Waals surface area (Å²) < 4.78 is 53.5. The van der Waals surface area contributed by atoms with Crippen LogP contribution in [0.2, 0.25) is 0 Å². The molecule has 1 N–H and O–H groups in total. The molecule has 130 valence electrons. The Morgan fingerprint density at radius 1 is 1.28 bits per heavy atom. The van der Waals surface area contributed by atoms with E-state index in [0.29, 0.717) is 10.4 Å². The van der Waals surface area contributed by atoms with Gasteiger partial charge < -0.3 is 0 Å². The Kier molecular flexibility index (Phi) is 4.49. The van der Waals surface area contributed by atoms with Gasteiger partial charge in [0.2, 0.25) is 5.95 Å². The summed E-state index contributed by atoms with van der Waals surface area (Å²) in [5, 5.41) is 7.26. The summed E-state index contributed by atoms with van der Waals surface area (Å²) in [7, 11) is 1.64. The van der Waals surface area contributed by atoms with E-state index >= 15 is 0 Å². The Bertz CT molecular complexity index is 914. The summed E-state index contributed by atoms with van der Waals surface area (Å²) in [4.78, 5) is 7.91. The molecular weight excluding hydrogens is 360 g/mol. The smallest absolute Gasteiger partial charge is 0.275 e. The van der Waals surface area contributed by atoms with E-state index in [4.69, 9.17) is 0 Å². The highest BCUT2D eigenvalue weighted by Gasteiger charge is 2.34. The van der Waals surface area contributed by atoms with E-state index in [1.165, 1.54) is 35.4 Å². The van der Waals surface area contributed by atoms with Crippen LogP contribution >= 0.6 is 11.3 Å². The standard InChI is InChI=1S/C14H10F4N6S/c1-24-7-8(5-20-24)10-4-11(14(16,17)18)22-13(21-10)23-19-6-9-2-3-12(15)25-9/h2-7H,1H3,(H,21,22,23). The van der Waals surface area contributed by atoms with Gasteiger partial charge in [-0.05, 0) is 18.2 Å². The largest absolute Gasteiger partial charge is 0.433 e. The molecule has 0 aliphatic rings. The monoisotopic (exact) mass is 370 g/mol. The van der Waals surface area contributed by atoms with Crippen LogP contribution in [0, 0.1) is 5.13 Å². The second-order valence-electron chi connectivity index (χ2n) is 4.87. The normalized spacial score (nSPS) is 12.0. The van der Waals surface area contributed by atoms with Crippen LogP contribution in [-0.2, 0) is 13.2 Å². The highest BCUT2D eigenvalue weighted by Crippen LogP contribution is 2.31. The average molecular weight is 370 g/mol. The molecule has 0 saturated heterocycles. The van der Waals surface area contributed by atoms with E-state index in [-0.39, 0.29) is 11.6 Å². The van der Waals surface area contributed by atoms with Crippen molar-refractivity contribution in [1.82, 2.24) is 19.7 Å².